The monoisotopic (exact) mass is 321 g/mol. The molecule has 1 heterocycles. The van der Waals surface area contributed by atoms with Gasteiger partial charge in [0.25, 0.3) is 0 Å². The van der Waals surface area contributed by atoms with Crippen LogP contribution in [0.25, 0.3) is 11.0 Å². The normalized spacial score (nSPS) is 22.5. The second kappa shape index (κ2) is 6.55. The Balaban J connectivity index is 0.00000192. The van der Waals surface area contributed by atoms with E-state index in [-0.39, 0.29) is 41.4 Å². The molecule has 2 aromatic rings. The number of hydrogen-bond donors (Lipinski definition) is 1. The largest absolute Gasteiger partial charge is 1.00 e. The van der Waals surface area contributed by atoms with Crippen molar-refractivity contribution in [1.29, 1.82) is 0 Å². The predicted octanol–water partition coefficient (Wildman–Crippen LogP) is -2.02. The Hall–Kier alpha value is -1.50. The van der Waals surface area contributed by atoms with Crippen molar-refractivity contribution in [3.63, 3.8) is 0 Å². The predicted molar refractivity (Wildman–Crippen MR) is 78.6 cm³/mol. The van der Waals surface area contributed by atoms with Gasteiger partial charge in [0.05, 0.1) is 17.1 Å². The average Bonchev–Trinajstić information content (AvgIpc) is 3.25. The molecule has 1 aliphatic carbocycles. The number of anilines is 1. The number of nitrogens with one attached hydrogen (secondary N) is 1. The van der Waals surface area contributed by atoms with Gasteiger partial charge in [-0.05, 0) is 24.5 Å². The molecule has 2 unspecified atom stereocenters. The maximum absolute atomic E-state index is 12.4. The van der Waals surface area contributed by atoms with Crippen molar-refractivity contribution >= 4 is 28.6 Å². The molecular formula is C16H16N3NaO3. The van der Waals surface area contributed by atoms with Crippen LogP contribution in [0.5, 0.6) is 0 Å². The zero-order chi connectivity index (χ0) is 15.9. The molecule has 23 heavy (non-hydrogen) atoms. The zero-order valence-electron chi connectivity index (χ0n) is 13.4. The number of fused-ring (bicyclic) bond motifs is 1. The van der Waals surface area contributed by atoms with Crippen molar-refractivity contribution in [2.45, 2.75) is 20.3 Å². The number of benzene rings is 1. The summed E-state index contributed by atoms with van der Waals surface area (Å²) in [7, 11) is 0. The fourth-order valence-corrected chi connectivity index (χ4v) is 3.02. The van der Waals surface area contributed by atoms with Gasteiger partial charge >= 0.3 is 29.6 Å². The van der Waals surface area contributed by atoms with E-state index in [2.05, 4.69) is 15.3 Å². The van der Waals surface area contributed by atoms with Gasteiger partial charge in [-0.2, -0.15) is 0 Å². The molecule has 0 radical (unpaired) electrons. The molecule has 1 fully saturated rings. The second-order valence-corrected chi connectivity index (χ2v) is 5.96. The van der Waals surface area contributed by atoms with E-state index in [9.17, 15) is 14.7 Å². The molecule has 1 aromatic carbocycles. The summed E-state index contributed by atoms with van der Waals surface area (Å²) >= 11 is 0. The van der Waals surface area contributed by atoms with E-state index >= 15 is 0 Å². The maximum atomic E-state index is 12.4. The Morgan fingerprint density at radius 3 is 2.61 bits per heavy atom. The van der Waals surface area contributed by atoms with Crippen LogP contribution < -0.4 is 40.0 Å². The van der Waals surface area contributed by atoms with Gasteiger partial charge in [-0.3, -0.25) is 14.8 Å². The van der Waals surface area contributed by atoms with Crippen molar-refractivity contribution in [2.24, 2.45) is 17.3 Å². The molecule has 0 aliphatic heterocycles. The van der Waals surface area contributed by atoms with Gasteiger partial charge in [-0.15, -0.1) is 0 Å². The summed E-state index contributed by atoms with van der Waals surface area (Å²) in [5.41, 5.74) is 0.743. The average molecular weight is 321 g/mol. The van der Waals surface area contributed by atoms with Crippen LogP contribution in [0.15, 0.2) is 30.6 Å². The minimum Gasteiger partial charge on any atom is -0.550 e. The van der Waals surface area contributed by atoms with E-state index in [1.807, 2.05) is 0 Å². The van der Waals surface area contributed by atoms with Crippen molar-refractivity contribution in [1.82, 2.24) is 9.97 Å². The molecule has 6 nitrogen and oxygen atoms in total. The van der Waals surface area contributed by atoms with Crippen LogP contribution in [0.2, 0.25) is 0 Å². The number of amides is 1. The Labute approximate surface area is 156 Å². The van der Waals surface area contributed by atoms with Crippen molar-refractivity contribution in [3.05, 3.63) is 30.6 Å². The molecule has 1 saturated carbocycles. The van der Waals surface area contributed by atoms with Crippen LogP contribution in [0.3, 0.4) is 0 Å². The van der Waals surface area contributed by atoms with Gasteiger partial charge in [0.1, 0.15) is 5.52 Å². The first kappa shape index (κ1) is 17.8. The number of para-hydroxylation sites is 1. The second-order valence-electron chi connectivity index (χ2n) is 5.96. The number of rotatable bonds is 4. The first-order valence-electron chi connectivity index (χ1n) is 7.19. The van der Waals surface area contributed by atoms with Gasteiger partial charge in [0.15, 0.2) is 0 Å². The Morgan fingerprint density at radius 2 is 2.00 bits per heavy atom. The van der Waals surface area contributed by atoms with E-state index in [0.717, 1.165) is 0 Å². The van der Waals surface area contributed by atoms with Crippen molar-refractivity contribution < 1.29 is 44.3 Å². The molecule has 0 saturated heterocycles. The summed E-state index contributed by atoms with van der Waals surface area (Å²) in [6.07, 6.45) is 3.44. The Morgan fingerprint density at radius 1 is 1.30 bits per heavy atom. The van der Waals surface area contributed by atoms with Crippen LogP contribution in [-0.2, 0) is 9.59 Å². The molecular weight excluding hydrogens is 305 g/mol. The smallest absolute Gasteiger partial charge is 0.550 e. The standard InChI is InChI=1S/C16H17N3O3.Na/c1-9(2)16(15(21)22)8-10(16)14(20)19-12-5-3-4-11-13(12)18-7-6-17-11;/h3-7,9-10H,8H2,1-2H3,(H,19,20)(H,21,22);/q;+1/p-1. The first-order valence-corrected chi connectivity index (χ1v) is 7.19. The summed E-state index contributed by atoms with van der Waals surface area (Å²) in [5.74, 6) is -2.18. The summed E-state index contributed by atoms with van der Waals surface area (Å²) in [6.45, 7) is 3.60. The molecule has 2 atom stereocenters. The van der Waals surface area contributed by atoms with Crippen molar-refractivity contribution in [2.75, 3.05) is 5.32 Å². The number of carbonyl (C=O) groups is 2. The summed E-state index contributed by atoms with van der Waals surface area (Å²) in [6, 6.07) is 5.30. The Bertz CT molecular complexity index is 760. The minimum atomic E-state index is -1.15. The van der Waals surface area contributed by atoms with Crippen LogP contribution in [-0.4, -0.2) is 21.8 Å². The van der Waals surface area contributed by atoms with Gasteiger partial charge in [0.2, 0.25) is 5.91 Å². The zero-order valence-corrected chi connectivity index (χ0v) is 15.4. The minimum absolute atomic E-state index is 0. The number of carboxylic acid groups (broad SMARTS) is 1. The van der Waals surface area contributed by atoms with Gasteiger partial charge in [0, 0.05) is 23.8 Å². The van der Waals surface area contributed by atoms with Crippen molar-refractivity contribution in [3.8, 4) is 0 Å². The third-order valence-corrected chi connectivity index (χ3v) is 4.49. The van der Waals surface area contributed by atoms with E-state index in [0.29, 0.717) is 23.1 Å². The van der Waals surface area contributed by atoms with Gasteiger partial charge < -0.3 is 15.2 Å². The number of nitrogens with zero attached hydrogens (tertiary/aromatic N) is 2. The number of aromatic nitrogens is 2. The third-order valence-electron chi connectivity index (χ3n) is 4.49. The molecule has 7 heteroatoms. The molecule has 1 amide bonds. The molecule has 3 rings (SSSR count). The molecule has 1 aromatic heterocycles. The van der Waals surface area contributed by atoms with E-state index in [1.54, 1.807) is 44.4 Å². The van der Waals surface area contributed by atoms with E-state index < -0.39 is 17.3 Å². The van der Waals surface area contributed by atoms with Gasteiger partial charge in [-0.1, -0.05) is 19.9 Å². The van der Waals surface area contributed by atoms with Crippen LogP contribution >= 0.6 is 0 Å². The number of carbonyl (C=O) groups excluding carboxylic acids is 2. The van der Waals surface area contributed by atoms with Crippen LogP contribution in [0.4, 0.5) is 5.69 Å². The van der Waals surface area contributed by atoms with E-state index in [4.69, 9.17) is 0 Å². The summed E-state index contributed by atoms with van der Waals surface area (Å²) in [5, 5.41) is 14.2. The number of carboxylic acids is 1. The number of hydrogen-bond acceptors (Lipinski definition) is 5. The van der Waals surface area contributed by atoms with Crippen LogP contribution in [0, 0.1) is 17.3 Å². The first-order chi connectivity index (χ1) is 10.5. The van der Waals surface area contributed by atoms with Crippen LogP contribution in [0.1, 0.15) is 20.3 Å². The fourth-order valence-electron chi connectivity index (χ4n) is 3.02. The SMILES string of the molecule is CC(C)C1(C(=O)[O-])CC1C(=O)Nc1cccc2nccnc12.[Na+]. The topological polar surface area (TPSA) is 95.0 Å². The number of aliphatic carboxylic acids is 1. The quantitative estimate of drug-likeness (QED) is 0.656. The molecule has 0 spiro atoms. The molecule has 0 bridgehead atoms. The Kier molecular flexibility index (Phi) is 5.08. The fraction of sp³-hybridized carbons (Fsp3) is 0.375. The molecule has 1 N–H and O–H groups in total. The molecule has 114 valence electrons. The third kappa shape index (κ3) is 2.98. The molecule has 1 aliphatic rings. The summed E-state index contributed by atoms with van der Waals surface area (Å²) in [4.78, 5) is 32.2. The summed E-state index contributed by atoms with van der Waals surface area (Å²) < 4.78 is 0. The maximum Gasteiger partial charge on any atom is 1.00 e. The van der Waals surface area contributed by atoms with Gasteiger partial charge in [-0.25, -0.2) is 0 Å². The van der Waals surface area contributed by atoms with E-state index in [1.165, 1.54) is 0 Å².